The van der Waals surface area contributed by atoms with Gasteiger partial charge in [0, 0.05) is 36.4 Å². The average molecular weight is 574 g/mol. The number of hydrogen-bond donors (Lipinski definition) is 0. The van der Waals surface area contributed by atoms with E-state index in [1.54, 1.807) is 0 Å². The molecule has 0 atom stereocenters. The molecule has 0 aliphatic carbocycles. The zero-order valence-electron chi connectivity index (χ0n) is 16.5. The maximum absolute atomic E-state index is 14.9. The van der Waals surface area contributed by atoms with Crippen molar-refractivity contribution in [3.8, 4) is 0 Å². The molecule has 3 aromatic rings. The van der Waals surface area contributed by atoms with E-state index in [1.165, 1.54) is 0 Å². The fourth-order valence-corrected chi connectivity index (χ4v) is 7.81. The highest BCUT2D eigenvalue weighted by Gasteiger charge is 2.56. The van der Waals surface area contributed by atoms with Crippen LogP contribution in [-0.2, 0) is 13.7 Å². The highest BCUT2D eigenvalue weighted by atomic mass is 32.3. The fraction of sp³-hybridized carbons (Fsp3) is 0.0526. The zero-order valence-corrected chi connectivity index (χ0v) is 18.2. The second-order valence-corrected chi connectivity index (χ2v) is 10.9. The van der Waals surface area contributed by atoms with Gasteiger partial charge in [-0.2, -0.15) is 25.2 Å². The van der Waals surface area contributed by atoms with Crippen LogP contribution < -0.4 is 0 Å². The lowest BCUT2D eigenvalue weighted by molar-refractivity contribution is -0.0496. The van der Waals surface area contributed by atoms with E-state index in [-0.39, 0.29) is 36.4 Å². The molecular weight excluding hydrogens is 568 g/mol. The largest absolute Gasteiger partial charge is 0.524 e. The van der Waals surface area contributed by atoms with Crippen LogP contribution in [0.2, 0.25) is 0 Å². The molecule has 0 aromatic heterocycles. The molecule has 196 valence electrons. The quantitative estimate of drug-likeness (QED) is 0.244. The Hall–Kier alpha value is -2.92. The summed E-state index contributed by atoms with van der Waals surface area (Å²) in [6, 6.07) is -2.07. The van der Waals surface area contributed by atoms with Crippen LogP contribution in [-0.4, -0.2) is 13.9 Å². The summed E-state index contributed by atoms with van der Waals surface area (Å²) in [7, 11) is -13.4. The van der Waals surface area contributed by atoms with E-state index >= 15 is 0 Å². The summed E-state index contributed by atoms with van der Waals surface area (Å²) in [5.41, 5.74) is -6.54. The van der Waals surface area contributed by atoms with E-state index in [0.29, 0.717) is 0 Å². The van der Waals surface area contributed by atoms with Crippen molar-refractivity contribution < 1.29 is 64.7 Å². The molecule has 0 saturated carbocycles. The first-order chi connectivity index (χ1) is 16.4. The Morgan fingerprint density at radius 2 is 0.722 bits per heavy atom. The molecule has 0 unspecified atom stereocenters. The lowest BCUT2D eigenvalue weighted by Crippen LogP contribution is -2.29. The zero-order chi connectivity index (χ0) is 27.4. The molecule has 0 fully saturated rings. The van der Waals surface area contributed by atoms with Gasteiger partial charge >= 0.3 is 15.6 Å². The normalized spacial score (nSPS) is 13.2. The highest BCUT2D eigenvalue weighted by molar-refractivity contribution is 8.33. The first kappa shape index (κ1) is 27.7. The molecule has 0 aliphatic heterocycles. The number of hydrogen-bond acceptors (Lipinski definition) is 3. The minimum absolute atomic E-state index is 0.345. The van der Waals surface area contributed by atoms with Gasteiger partial charge in [-0.15, -0.1) is 0 Å². The summed E-state index contributed by atoms with van der Waals surface area (Å²) in [4.78, 5) is -6.90. The van der Waals surface area contributed by atoms with Crippen LogP contribution in [0.15, 0.2) is 51.1 Å². The molecule has 3 rings (SSSR count). The Morgan fingerprint density at radius 1 is 0.500 bits per heavy atom. The summed E-state index contributed by atoms with van der Waals surface area (Å²) in [6.07, 6.45) is 0. The monoisotopic (exact) mass is 574 g/mol. The first-order valence-electron chi connectivity index (χ1n) is 8.72. The van der Waals surface area contributed by atoms with Gasteiger partial charge in [0.25, 0.3) is 0 Å². The topological polar surface area (TPSA) is 43.4 Å². The molecule has 0 N–H and O–H groups in total. The number of alkyl halides is 3. The van der Waals surface area contributed by atoms with E-state index in [1.807, 2.05) is 0 Å². The van der Waals surface area contributed by atoms with E-state index in [0.717, 1.165) is 0 Å². The summed E-state index contributed by atoms with van der Waals surface area (Å²) in [5.74, 6) is -20.0. The molecule has 3 aromatic carbocycles. The molecule has 0 amide bonds. The van der Waals surface area contributed by atoms with E-state index in [4.69, 9.17) is 0 Å². The summed E-state index contributed by atoms with van der Waals surface area (Å²) in [6.45, 7) is 0. The second kappa shape index (κ2) is 9.19. The van der Waals surface area contributed by atoms with Crippen LogP contribution in [0.4, 0.5) is 52.7 Å². The molecule has 0 heterocycles. The van der Waals surface area contributed by atoms with Crippen LogP contribution in [0.25, 0.3) is 0 Å². The van der Waals surface area contributed by atoms with Crippen molar-refractivity contribution in [2.75, 3.05) is 0 Å². The Kier molecular flexibility index (Phi) is 7.06. The van der Waals surface area contributed by atoms with Crippen LogP contribution in [0, 0.1) is 52.4 Å². The maximum atomic E-state index is 14.9. The van der Waals surface area contributed by atoms with E-state index in [2.05, 4.69) is 3.63 Å². The molecule has 17 heteroatoms. The Labute approximate surface area is 194 Å². The summed E-state index contributed by atoms with van der Waals surface area (Å²) in [5, 5.41) is 0. The molecule has 36 heavy (non-hydrogen) atoms. The van der Waals surface area contributed by atoms with Gasteiger partial charge in [-0.25, -0.2) is 39.5 Å². The smallest absolute Gasteiger partial charge is 0.207 e. The number of halogens is 12. The average Bonchev–Trinajstić information content (AvgIpc) is 2.63. The van der Waals surface area contributed by atoms with Gasteiger partial charge in [0.05, 0.1) is 14.7 Å². The first-order valence-corrected chi connectivity index (χ1v) is 11.7. The van der Waals surface area contributed by atoms with Crippen molar-refractivity contribution in [2.24, 2.45) is 0 Å². The van der Waals surface area contributed by atoms with Crippen LogP contribution in [0.1, 0.15) is 0 Å². The van der Waals surface area contributed by atoms with Crippen LogP contribution in [0.5, 0.6) is 0 Å². The van der Waals surface area contributed by atoms with E-state index in [9.17, 15) is 61.1 Å². The third kappa shape index (κ3) is 4.61. The molecule has 0 spiro atoms. The summed E-state index contributed by atoms with van der Waals surface area (Å²) < 4.78 is 198. The minimum Gasteiger partial charge on any atom is -0.207 e. The summed E-state index contributed by atoms with van der Waals surface area (Å²) >= 11 is 0. The van der Waals surface area contributed by atoms with E-state index < -0.39 is 93.0 Å². The van der Waals surface area contributed by atoms with Gasteiger partial charge in [0.15, 0.2) is 0 Å². The SMILES string of the molecule is O=S(=O)(OS(c1c(F)cc(F)cc1F)(c1c(F)cc(F)cc1F)c1c(F)cc(F)cc1F)C(F)(F)F. The Morgan fingerprint density at radius 3 is 0.917 bits per heavy atom. The maximum Gasteiger partial charge on any atom is 0.524 e. The minimum atomic E-state index is -7.27. The van der Waals surface area contributed by atoms with Crippen molar-refractivity contribution in [3.63, 3.8) is 0 Å². The molecule has 0 saturated heterocycles. The van der Waals surface area contributed by atoms with Crippen LogP contribution >= 0.6 is 10.3 Å². The lowest BCUT2D eigenvalue weighted by atomic mass is 10.3. The number of rotatable bonds is 5. The molecular formula is C19H6F12O3S2. The molecule has 0 aliphatic rings. The predicted octanol–water partition coefficient (Wildman–Crippen LogP) is 7.00. The van der Waals surface area contributed by atoms with Crippen molar-refractivity contribution in [1.29, 1.82) is 0 Å². The standard InChI is InChI=1S/C19H6F12O3S2/c20-7-1-10(23)16(11(24)2-7)35(34-36(32,33)19(29,30)31,17-12(25)3-8(21)4-13(17)26)18-14(27)5-9(22)6-15(18)28/h1-6H. The molecule has 3 nitrogen and oxygen atoms in total. The number of benzene rings is 3. The Balaban J connectivity index is 2.74. The third-order valence-electron chi connectivity index (χ3n) is 4.23. The van der Waals surface area contributed by atoms with Gasteiger partial charge < -0.3 is 0 Å². The van der Waals surface area contributed by atoms with Crippen molar-refractivity contribution in [2.45, 2.75) is 20.2 Å². The predicted molar refractivity (Wildman–Crippen MR) is 97.4 cm³/mol. The third-order valence-corrected chi connectivity index (χ3v) is 9.22. The van der Waals surface area contributed by atoms with Gasteiger partial charge in [-0.05, 0) is 10.3 Å². The van der Waals surface area contributed by atoms with Gasteiger partial charge in [-0.1, -0.05) is 0 Å². The lowest BCUT2D eigenvalue weighted by Gasteiger charge is -2.39. The van der Waals surface area contributed by atoms with Crippen LogP contribution in [0.3, 0.4) is 0 Å². The Bertz CT molecular complexity index is 1260. The fourth-order valence-electron chi connectivity index (χ4n) is 2.99. The molecule has 0 radical (unpaired) electrons. The highest BCUT2D eigenvalue weighted by Crippen LogP contribution is 2.73. The van der Waals surface area contributed by atoms with Crippen molar-refractivity contribution in [3.05, 3.63) is 88.8 Å². The second-order valence-electron chi connectivity index (χ2n) is 6.62. The molecule has 0 bridgehead atoms. The van der Waals surface area contributed by atoms with Crippen molar-refractivity contribution >= 4 is 20.4 Å². The van der Waals surface area contributed by atoms with Crippen molar-refractivity contribution in [1.82, 2.24) is 0 Å². The van der Waals surface area contributed by atoms with Gasteiger partial charge in [-0.3, -0.25) is 0 Å². The van der Waals surface area contributed by atoms with Gasteiger partial charge in [0.1, 0.15) is 52.4 Å². The van der Waals surface area contributed by atoms with Gasteiger partial charge in [0.2, 0.25) is 0 Å².